The Morgan fingerprint density at radius 3 is 0.500 bits per heavy atom. The van der Waals surface area contributed by atoms with Crippen LogP contribution in [0.2, 0.25) is 0 Å². The van der Waals surface area contributed by atoms with Crippen molar-refractivity contribution in [2.45, 2.75) is 0 Å². The maximum atomic E-state index is 0. The molecule has 0 amide bonds. The molecule has 1 radical (unpaired) electrons. The van der Waals surface area contributed by atoms with Crippen LogP contribution in [0.3, 0.4) is 0 Å². The third-order valence-corrected chi connectivity index (χ3v) is 0. The first kappa shape index (κ1) is 948. The van der Waals surface area contributed by atoms with E-state index in [1.807, 2.05) is 0 Å². The molecule has 0 unspecified atom stereocenters. The van der Waals surface area contributed by atoms with Gasteiger partial charge < -0.3 is 27.4 Å². The molecular weight excluding hydrogens is 272 g/mol. The van der Waals surface area contributed by atoms with E-state index in [-0.39, 0.29) is 47.5 Å². The molecule has 6 heteroatoms. The minimum atomic E-state index is 0. The van der Waals surface area contributed by atoms with Gasteiger partial charge in [0.15, 0.2) is 0 Å². The molecule has 0 aliphatic rings. The van der Waals surface area contributed by atoms with Crippen molar-refractivity contribution in [2.75, 3.05) is 0 Å². The summed E-state index contributed by atoms with van der Waals surface area (Å²) >= 11 is 0. The van der Waals surface area contributed by atoms with Crippen molar-refractivity contribution in [3.05, 3.63) is 0 Å². The quantitative estimate of drug-likeness (QED) is 0.527. The molecule has 0 bridgehead atoms. The molecule has 0 saturated heterocycles. The number of hydrogen-bond acceptors (Lipinski definition) is 4. The van der Waals surface area contributed by atoms with Crippen LogP contribution in [0.4, 0.5) is 0 Å². The smallest absolute Gasteiger partial charge is 0 e. The van der Waals surface area contributed by atoms with Crippen molar-refractivity contribution < 1.29 is 47.5 Å². The summed E-state index contributed by atoms with van der Waals surface area (Å²) in [5, 5.41) is 0. The van der Waals surface area contributed by atoms with E-state index in [0.29, 0.717) is 0 Å². The van der Waals surface area contributed by atoms with Crippen molar-refractivity contribution >= 4 is 0 Å². The van der Waals surface area contributed by atoms with Gasteiger partial charge in [-0.3, -0.25) is 0 Å². The monoisotopic (exact) mass is 279 g/mol. The van der Waals surface area contributed by atoms with Crippen LogP contribution in [0, 0.1) is 0 Å². The van der Waals surface area contributed by atoms with Crippen LogP contribution < -0.4 is 0 Å². The number of rotatable bonds is 0. The normalized spacial score (nSPS) is 0. The molecule has 6 N–H and O–H groups in total. The van der Waals surface area contributed by atoms with Gasteiger partial charge in [0.1, 0.15) is 0 Å². The van der Waals surface area contributed by atoms with Gasteiger partial charge in [0.25, 0.3) is 0 Å². The third-order valence-electron chi connectivity index (χ3n) is 0. The van der Waals surface area contributed by atoms with Crippen LogP contribution in [-0.4, -0.2) is 27.4 Å². The van der Waals surface area contributed by atoms with Gasteiger partial charge in [-0.1, -0.05) is 0 Å². The molecule has 0 saturated carbocycles. The Bertz CT molecular complexity index is 3.90. The molecular formula is H6IrO5-4. The molecule has 0 aromatic rings. The van der Waals surface area contributed by atoms with Gasteiger partial charge >= 0.3 is 0 Å². The molecule has 49 valence electrons. The zero-order valence-corrected chi connectivity index (χ0v) is 5.02. The third kappa shape index (κ3) is 262. The zero-order valence-electron chi connectivity index (χ0n) is 2.62. The van der Waals surface area contributed by atoms with Crippen molar-refractivity contribution in [2.24, 2.45) is 0 Å². The topological polar surface area (TPSA) is 152 Å². The average molecular weight is 278 g/mol. The molecule has 5 nitrogen and oxygen atoms in total. The molecule has 0 atom stereocenters. The van der Waals surface area contributed by atoms with Crippen molar-refractivity contribution in [1.29, 1.82) is 0 Å². The minimum absolute atomic E-state index is 0. The van der Waals surface area contributed by atoms with E-state index in [9.17, 15) is 0 Å². The standard InChI is InChI=1S/Ir.5H2O/h;5*1H2/p-4. The van der Waals surface area contributed by atoms with E-state index in [4.69, 9.17) is 0 Å². The molecule has 0 aromatic heterocycles. The van der Waals surface area contributed by atoms with Crippen LogP contribution in [0.1, 0.15) is 0 Å². The SMILES string of the molecule is O.[Ir].[OH-].[OH-].[OH-].[OH-]. The second kappa shape index (κ2) is 534. The van der Waals surface area contributed by atoms with E-state index in [0.717, 1.165) is 0 Å². The molecule has 0 spiro atoms. The van der Waals surface area contributed by atoms with Gasteiger partial charge in [-0.2, -0.15) is 0 Å². The van der Waals surface area contributed by atoms with Crippen LogP contribution >= 0.6 is 0 Å². The fraction of sp³-hybridized carbons (Fsp3) is 0. The van der Waals surface area contributed by atoms with E-state index >= 15 is 0 Å². The molecule has 0 aliphatic heterocycles. The first-order valence-corrected chi connectivity index (χ1v) is 0. The summed E-state index contributed by atoms with van der Waals surface area (Å²) in [6, 6.07) is 0. The van der Waals surface area contributed by atoms with Gasteiger partial charge in [-0.15, -0.1) is 0 Å². The first-order valence-electron chi connectivity index (χ1n) is 0. The predicted molar refractivity (Wildman–Crippen MR) is 11.4 cm³/mol. The Kier molecular flexibility index (Phi) is 84500. The van der Waals surface area contributed by atoms with Crippen LogP contribution in [0.5, 0.6) is 0 Å². The molecule has 0 heterocycles. The fourth-order valence-electron chi connectivity index (χ4n) is 0. The van der Waals surface area contributed by atoms with Crippen LogP contribution in [0.25, 0.3) is 0 Å². The molecule has 6 heavy (non-hydrogen) atoms. The Labute approximate surface area is 48.3 Å². The van der Waals surface area contributed by atoms with E-state index in [1.165, 1.54) is 0 Å². The molecule has 0 aromatic carbocycles. The van der Waals surface area contributed by atoms with E-state index in [2.05, 4.69) is 0 Å². The van der Waals surface area contributed by atoms with Gasteiger partial charge in [0, 0.05) is 20.1 Å². The Balaban J connectivity index is 0. The van der Waals surface area contributed by atoms with Crippen molar-refractivity contribution in [1.82, 2.24) is 0 Å². The van der Waals surface area contributed by atoms with Gasteiger partial charge in [0.2, 0.25) is 0 Å². The zero-order chi connectivity index (χ0) is 0. The summed E-state index contributed by atoms with van der Waals surface area (Å²) in [7, 11) is 0. The Morgan fingerprint density at radius 2 is 0.500 bits per heavy atom. The van der Waals surface area contributed by atoms with Crippen molar-refractivity contribution in [3.8, 4) is 0 Å². The molecule has 0 rings (SSSR count). The Hall–Kier alpha value is 0.449. The fourth-order valence-corrected chi connectivity index (χ4v) is 0. The summed E-state index contributed by atoms with van der Waals surface area (Å²) in [6.07, 6.45) is 0. The maximum Gasteiger partial charge on any atom is 0 e. The largest absolute Gasteiger partial charge is 0.870 e. The second-order valence-electron chi connectivity index (χ2n) is 0. The van der Waals surface area contributed by atoms with E-state index in [1.54, 1.807) is 0 Å². The summed E-state index contributed by atoms with van der Waals surface area (Å²) < 4.78 is 0. The molecule has 0 fully saturated rings. The summed E-state index contributed by atoms with van der Waals surface area (Å²) in [4.78, 5) is 0. The van der Waals surface area contributed by atoms with Gasteiger partial charge in [0.05, 0.1) is 0 Å². The maximum absolute atomic E-state index is 0. The summed E-state index contributed by atoms with van der Waals surface area (Å²) in [5.41, 5.74) is 0. The van der Waals surface area contributed by atoms with Gasteiger partial charge in [-0.25, -0.2) is 0 Å². The van der Waals surface area contributed by atoms with Crippen LogP contribution in [0.15, 0.2) is 0 Å². The summed E-state index contributed by atoms with van der Waals surface area (Å²) in [6.45, 7) is 0. The number of hydrogen-bond donors (Lipinski definition) is 0. The van der Waals surface area contributed by atoms with E-state index < -0.39 is 0 Å². The van der Waals surface area contributed by atoms with Gasteiger partial charge in [-0.05, 0) is 0 Å². The average Bonchev–Trinajstić information content (AvgIpc) is 0. The second-order valence-corrected chi connectivity index (χ2v) is 0. The molecule has 0 aliphatic carbocycles. The summed E-state index contributed by atoms with van der Waals surface area (Å²) in [5.74, 6) is 0. The minimum Gasteiger partial charge on any atom is -0.870 e. The Morgan fingerprint density at radius 1 is 0.500 bits per heavy atom. The predicted octanol–water partition coefficient (Wildman–Crippen LogP) is -1.53. The first-order chi connectivity index (χ1) is 0. The van der Waals surface area contributed by atoms with Crippen molar-refractivity contribution in [3.63, 3.8) is 0 Å². The van der Waals surface area contributed by atoms with Crippen LogP contribution in [-0.2, 0) is 20.1 Å².